The summed E-state index contributed by atoms with van der Waals surface area (Å²) in [7, 11) is 0. The van der Waals surface area contributed by atoms with E-state index in [4.69, 9.17) is 23.2 Å². The molecule has 0 saturated carbocycles. The first-order valence-electron chi connectivity index (χ1n) is 8.19. The van der Waals surface area contributed by atoms with E-state index in [-0.39, 0.29) is 24.2 Å². The van der Waals surface area contributed by atoms with Crippen LogP contribution in [0.25, 0.3) is 6.08 Å². The molecule has 0 amide bonds. The zero-order chi connectivity index (χ0) is 18.2. The van der Waals surface area contributed by atoms with E-state index in [0.29, 0.717) is 23.0 Å². The van der Waals surface area contributed by atoms with Crippen LogP contribution in [0, 0.1) is 0 Å². The van der Waals surface area contributed by atoms with Crippen molar-refractivity contribution in [3.8, 4) is 0 Å². The summed E-state index contributed by atoms with van der Waals surface area (Å²) < 4.78 is 0. The first-order chi connectivity index (χ1) is 12.0. The number of aliphatic hydroxyl groups is 1. The predicted molar refractivity (Wildman–Crippen MR) is 103 cm³/mol. The molecule has 26 heavy (non-hydrogen) atoms. The molecule has 2 rings (SSSR count). The average Bonchev–Trinajstić information content (AvgIpc) is 2.62. The van der Waals surface area contributed by atoms with E-state index < -0.39 is 6.10 Å². The fraction of sp³-hybridized carbons (Fsp3) is 0.250. The number of rotatable bonds is 8. The first-order valence-corrected chi connectivity index (χ1v) is 8.95. The second kappa shape index (κ2) is 11.4. The highest BCUT2D eigenvalue weighted by Crippen LogP contribution is 2.23. The van der Waals surface area contributed by atoms with Crippen molar-refractivity contribution in [3.63, 3.8) is 0 Å². The second-order valence-electron chi connectivity index (χ2n) is 5.96. The molecule has 0 aliphatic rings. The number of aliphatic hydroxyl groups excluding tert-OH is 1. The number of carbonyl (C=O) groups excluding carboxylic acids is 1. The van der Waals surface area contributed by atoms with E-state index in [1.165, 1.54) is 0 Å². The molecule has 0 spiro atoms. The second-order valence-corrected chi connectivity index (χ2v) is 6.78. The first kappa shape index (κ1) is 22.7. The number of benzene rings is 2. The van der Waals surface area contributed by atoms with Crippen molar-refractivity contribution in [3.05, 3.63) is 75.8 Å². The Kier molecular flexibility index (Phi) is 9.92. The minimum Gasteiger partial charge on any atom is -1.00 e. The summed E-state index contributed by atoms with van der Waals surface area (Å²) in [6.07, 6.45) is 3.13. The average molecular weight is 415 g/mol. The van der Waals surface area contributed by atoms with Crippen molar-refractivity contribution >= 4 is 35.1 Å². The molecule has 0 radical (unpaired) electrons. The van der Waals surface area contributed by atoms with Crippen LogP contribution >= 0.6 is 23.2 Å². The Balaban J connectivity index is 0.00000338. The number of allylic oxidation sites excluding steroid dienone is 1. The maximum Gasteiger partial charge on any atom is 0.161 e. The van der Waals surface area contributed by atoms with Crippen LogP contribution in [0.1, 0.15) is 30.6 Å². The van der Waals surface area contributed by atoms with Crippen molar-refractivity contribution in [2.24, 2.45) is 0 Å². The lowest BCUT2D eigenvalue weighted by Gasteiger charge is -2.17. The van der Waals surface area contributed by atoms with Crippen LogP contribution in [0.4, 0.5) is 0 Å². The van der Waals surface area contributed by atoms with E-state index in [2.05, 4.69) is 0 Å². The zero-order valence-electron chi connectivity index (χ0n) is 14.4. The van der Waals surface area contributed by atoms with Crippen molar-refractivity contribution in [1.29, 1.82) is 0 Å². The number of quaternary nitrogens is 1. The van der Waals surface area contributed by atoms with E-state index in [1.807, 2.05) is 48.6 Å². The van der Waals surface area contributed by atoms with Crippen LogP contribution in [-0.2, 0) is 4.79 Å². The summed E-state index contributed by atoms with van der Waals surface area (Å²) in [5.74, 6) is 0.0312. The largest absolute Gasteiger partial charge is 1.00 e. The highest BCUT2D eigenvalue weighted by Gasteiger charge is 2.18. The van der Waals surface area contributed by atoms with Gasteiger partial charge in [-0.15, -0.1) is 0 Å². The Labute approximate surface area is 170 Å². The Morgan fingerprint density at radius 1 is 1.15 bits per heavy atom. The van der Waals surface area contributed by atoms with Gasteiger partial charge in [-0.2, -0.15) is 0 Å². The Morgan fingerprint density at radius 3 is 2.50 bits per heavy atom. The van der Waals surface area contributed by atoms with Crippen LogP contribution in [-0.4, -0.2) is 23.5 Å². The molecule has 0 aromatic heterocycles. The van der Waals surface area contributed by atoms with Gasteiger partial charge in [0.05, 0.1) is 23.0 Å². The molecular formula is C20H22Cl3NO2. The SMILES string of the molecule is CC([NH2+]CCC(=O)/C=C/c1ccc(Cl)c(Cl)c1)C(O)c1ccccc1.[Cl-]. The van der Waals surface area contributed by atoms with Crippen LogP contribution in [0.3, 0.4) is 0 Å². The third-order valence-electron chi connectivity index (χ3n) is 3.97. The van der Waals surface area contributed by atoms with Gasteiger partial charge < -0.3 is 22.8 Å². The van der Waals surface area contributed by atoms with Crippen LogP contribution in [0.5, 0.6) is 0 Å². The molecule has 2 aromatic rings. The van der Waals surface area contributed by atoms with Crippen LogP contribution in [0.2, 0.25) is 10.0 Å². The van der Waals surface area contributed by atoms with Gasteiger partial charge in [0.15, 0.2) is 5.78 Å². The number of hydrogen-bond acceptors (Lipinski definition) is 2. The smallest absolute Gasteiger partial charge is 0.161 e. The molecule has 140 valence electrons. The van der Waals surface area contributed by atoms with Crippen molar-refractivity contribution in [2.45, 2.75) is 25.5 Å². The third-order valence-corrected chi connectivity index (χ3v) is 4.71. The van der Waals surface area contributed by atoms with Crippen molar-refractivity contribution in [2.75, 3.05) is 6.54 Å². The summed E-state index contributed by atoms with van der Waals surface area (Å²) in [6, 6.07) is 14.7. The fourth-order valence-corrected chi connectivity index (χ4v) is 2.77. The van der Waals surface area contributed by atoms with Gasteiger partial charge in [0.25, 0.3) is 0 Å². The standard InChI is InChI=1S/C20H21Cl2NO2.ClH/c1-14(20(25)16-5-3-2-4-6-16)23-12-11-17(24)9-7-15-8-10-18(21)19(22)13-15;/h2-10,13-14,20,23,25H,11-12H2,1H3;1H/b9-7+;. The molecule has 2 unspecified atom stereocenters. The third kappa shape index (κ3) is 7.10. The minimum atomic E-state index is -0.553. The zero-order valence-corrected chi connectivity index (χ0v) is 16.7. The molecule has 0 bridgehead atoms. The molecule has 0 aliphatic heterocycles. The Morgan fingerprint density at radius 2 is 1.85 bits per heavy atom. The number of ketones is 1. The minimum absolute atomic E-state index is 0. The van der Waals surface area contributed by atoms with Gasteiger partial charge in [0, 0.05) is 0 Å². The van der Waals surface area contributed by atoms with Gasteiger partial charge in [-0.1, -0.05) is 65.7 Å². The number of nitrogens with two attached hydrogens (primary N) is 1. The molecule has 0 fully saturated rings. The lowest BCUT2D eigenvalue weighted by Crippen LogP contribution is -3.00. The lowest BCUT2D eigenvalue weighted by molar-refractivity contribution is -0.693. The van der Waals surface area contributed by atoms with Gasteiger partial charge >= 0.3 is 0 Å². The molecule has 3 nitrogen and oxygen atoms in total. The quantitative estimate of drug-likeness (QED) is 0.624. The Hall–Kier alpha value is -1.36. The van der Waals surface area contributed by atoms with E-state index in [1.54, 1.807) is 24.3 Å². The summed E-state index contributed by atoms with van der Waals surface area (Å²) >= 11 is 11.8. The van der Waals surface area contributed by atoms with E-state index in [0.717, 1.165) is 11.1 Å². The molecule has 0 heterocycles. The summed E-state index contributed by atoms with van der Waals surface area (Å²) in [6.45, 7) is 2.57. The molecular weight excluding hydrogens is 393 g/mol. The van der Waals surface area contributed by atoms with Crippen molar-refractivity contribution in [1.82, 2.24) is 0 Å². The lowest BCUT2D eigenvalue weighted by atomic mass is 10.0. The molecule has 0 saturated heterocycles. The van der Waals surface area contributed by atoms with Gasteiger partial charge in [0.1, 0.15) is 12.1 Å². The van der Waals surface area contributed by atoms with Gasteiger partial charge in [-0.05, 0) is 36.3 Å². The Bertz CT molecular complexity index is 735. The van der Waals surface area contributed by atoms with Gasteiger partial charge in [-0.25, -0.2) is 0 Å². The molecule has 2 aromatic carbocycles. The highest BCUT2D eigenvalue weighted by atomic mass is 35.5. The normalized spacial score (nSPS) is 13.2. The maximum atomic E-state index is 12.0. The van der Waals surface area contributed by atoms with Crippen LogP contribution in [0.15, 0.2) is 54.6 Å². The van der Waals surface area contributed by atoms with Crippen molar-refractivity contribution < 1.29 is 27.6 Å². The molecule has 6 heteroatoms. The highest BCUT2D eigenvalue weighted by molar-refractivity contribution is 6.42. The summed E-state index contributed by atoms with van der Waals surface area (Å²) in [4.78, 5) is 12.0. The maximum absolute atomic E-state index is 12.0. The monoisotopic (exact) mass is 413 g/mol. The van der Waals surface area contributed by atoms with Gasteiger partial charge in [0.2, 0.25) is 0 Å². The molecule has 3 N–H and O–H groups in total. The number of halogens is 3. The molecule has 2 atom stereocenters. The summed E-state index contributed by atoms with van der Waals surface area (Å²) in [5.41, 5.74) is 1.72. The predicted octanol–water partition coefficient (Wildman–Crippen LogP) is 0.655. The summed E-state index contributed by atoms with van der Waals surface area (Å²) in [5, 5.41) is 13.2. The number of hydrogen-bond donors (Lipinski definition) is 2. The van der Waals surface area contributed by atoms with E-state index >= 15 is 0 Å². The van der Waals surface area contributed by atoms with Gasteiger partial charge in [-0.3, -0.25) is 4.79 Å². The topological polar surface area (TPSA) is 53.9 Å². The molecule has 0 aliphatic carbocycles. The van der Waals surface area contributed by atoms with Crippen LogP contribution < -0.4 is 17.7 Å². The van der Waals surface area contributed by atoms with E-state index in [9.17, 15) is 9.90 Å². The number of carbonyl (C=O) groups is 1. The fourth-order valence-electron chi connectivity index (χ4n) is 2.46.